The molecule has 0 aliphatic carbocycles. The number of aryl methyl sites for hydroxylation is 1. The van der Waals surface area contributed by atoms with Crippen LogP contribution < -0.4 is 0 Å². The predicted molar refractivity (Wildman–Crippen MR) is 55.1 cm³/mol. The highest BCUT2D eigenvalue weighted by molar-refractivity contribution is 4.91. The van der Waals surface area contributed by atoms with Crippen LogP contribution in [0.2, 0.25) is 0 Å². The van der Waals surface area contributed by atoms with Gasteiger partial charge in [0.05, 0.1) is 0 Å². The molecule has 0 fully saturated rings. The lowest BCUT2D eigenvalue weighted by molar-refractivity contribution is 0.159. The van der Waals surface area contributed by atoms with Crippen molar-refractivity contribution < 1.29 is 4.74 Å². The average molecular weight is 197 g/mol. The van der Waals surface area contributed by atoms with E-state index >= 15 is 0 Å². The smallest absolute Gasteiger partial charge is 0.150 e. The van der Waals surface area contributed by atoms with Gasteiger partial charge in [-0.1, -0.05) is 13.8 Å². The van der Waals surface area contributed by atoms with Gasteiger partial charge in [0.15, 0.2) is 5.82 Å². The number of hydrogen-bond acceptors (Lipinski definition) is 3. The predicted octanol–water partition coefficient (Wildman–Crippen LogP) is 1.58. The normalized spacial score (nSPS) is 13.1. The number of aromatic amines is 1. The Hall–Kier alpha value is -0.900. The molecule has 4 nitrogen and oxygen atoms in total. The van der Waals surface area contributed by atoms with E-state index in [-0.39, 0.29) is 0 Å². The molecule has 0 aromatic carbocycles. The van der Waals surface area contributed by atoms with Crippen LogP contribution in [0.15, 0.2) is 0 Å². The first kappa shape index (κ1) is 11.2. The van der Waals surface area contributed by atoms with E-state index in [1.165, 1.54) is 0 Å². The molecule has 1 N–H and O–H groups in total. The van der Waals surface area contributed by atoms with Gasteiger partial charge in [0, 0.05) is 26.6 Å². The Morgan fingerprint density at radius 1 is 1.50 bits per heavy atom. The lowest BCUT2D eigenvalue weighted by Gasteiger charge is -2.06. The Morgan fingerprint density at radius 3 is 2.93 bits per heavy atom. The molecular weight excluding hydrogens is 178 g/mol. The minimum absolute atomic E-state index is 0.488. The summed E-state index contributed by atoms with van der Waals surface area (Å²) in [5, 5.41) is 7.11. The monoisotopic (exact) mass is 197 g/mol. The maximum atomic E-state index is 5.07. The summed E-state index contributed by atoms with van der Waals surface area (Å²) in [5.74, 6) is 2.38. The fraction of sp³-hybridized carbons (Fsp3) is 0.800. The van der Waals surface area contributed by atoms with Gasteiger partial charge in [-0.3, -0.25) is 5.10 Å². The summed E-state index contributed by atoms with van der Waals surface area (Å²) >= 11 is 0. The number of H-pyrrole nitrogens is 1. The Kier molecular flexibility index (Phi) is 4.59. The van der Waals surface area contributed by atoms with Crippen LogP contribution in [-0.2, 0) is 17.6 Å². The van der Waals surface area contributed by atoms with Crippen molar-refractivity contribution in [1.82, 2.24) is 15.2 Å². The zero-order valence-electron chi connectivity index (χ0n) is 9.21. The highest BCUT2D eigenvalue weighted by Crippen LogP contribution is 2.05. The van der Waals surface area contributed by atoms with E-state index in [1.54, 1.807) is 7.11 Å². The molecular formula is C10H19N3O. The SMILES string of the molecule is CCCc1n[nH]c(CC(C)COC)n1. The fourth-order valence-corrected chi connectivity index (χ4v) is 1.44. The number of aromatic nitrogens is 3. The maximum absolute atomic E-state index is 5.07. The second-order valence-electron chi connectivity index (χ2n) is 3.71. The summed E-state index contributed by atoms with van der Waals surface area (Å²) in [7, 11) is 1.72. The van der Waals surface area contributed by atoms with Gasteiger partial charge in [-0.2, -0.15) is 5.10 Å². The van der Waals surface area contributed by atoms with Crippen LogP contribution in [0.1, 0.15) is 31.9 Å². The first-order valence-electron chi connectivity index (χ1n) is 5.15. The van der Waals surface area contributed by atoms with E-state index in [0.717, 1.165) is 37.5 Å². The first-order valence-corrected chi connectivity index (χ1v) is 5.15. The molecule has 4 heteroatoms. The minimum atomic E-state index is 0.488. The number of hydrogen-bond donors (Lipinski definition) is 1. The van der Waals surface area contributed by atoms with Crippen LogP contribution in [0, 0.1) is 5.92 Å². The van der Waals surface area contributed by atoms with Crippen molar-refractivity contribution in [2.45, 2.75) is 33.1 Å². The molecule has 14 heavy (non-hydrogen) atoms. The summed E-state index contributed by atoms with van der Waals surface area (Å²) in [6, 6.07) is 0. The van der Waals surface area contributed by atoms with Gasteiger partial charge in [-0.15, -0.1) is 0 Å². The summed E-state index contributed by atoms with van der Waals surface area (Å²) in [6.07, 6.45) is 2.95. The molecule has 0 aliphatic heterocycles. The third-order valence-corrected chi connectivity index (χ3v) is 2.04. The number of methoxy groups -OCH3 is 1. The van der Waals surface area contributed by atoms with E-state index < -0.39 is 0 Å². The second kappa shape index (κ2) is 5.75. The molecule has 0 amide bonds. The lowest BCUT2D eigenvalue weighted by atomic mass is 10.1. The molecule has 0 saturated heterocycles. The van der Waals surface area contributed by atoms with Crippen molar-refractivity contribution in [3.8, 4) is 0 Å². The standard InChI is InChI=1S/C10H19N3O/c1-4-5-9-11-10(13-12-9)6-8(2)7-14-3/h8H,4-7H2,1-3H3,(H,11,12,13). The molecule has 1 rings (SSSR count). The maximum Gasteiger partial charge on any atom is 0.150 e. The van der Waals surface area contributed by atoms with Gasteiger partial charge in [-0.25, -0.2) is 4.98 Å². The summed E-state index contributed by atoms with van der Waals surface area (Å²) in [4.78, 5) is 4.40. The molecule has 0 spiro atoms. The molecule has 1 heterocycles. The summed E-state index contributed by atoms with van der Waals surface area (Å²) in [5.41, 5.74) is 0. The number of ether oxygens (including phenoxy) is 1. The van der Waals surface area contributed by atoms with Crippen molar-refractivity contribution in [1.29, 1.82) is 0 Å². The third-order valence-electron chi connectivity index (χ3n) is 2.04. The van der Waals surface area contributed by atoms with E-state index in [1.807, 2.05) is 0 Å². The van der Waals surface area contributed by atoms with Crippen LogP contribution in [0.3, 0.4) is 0 Å². The molecule has 1 aromatic rings. The van der Waals surface area contributed by atoms with Crippen LogP contribution in [-0.4, -0.2) is 28.9 Å². The van der Waals surface area contributed by atoms with Crippen molar-refractivity contribution >= 4 is 0 Å². The van der Waals surface area contributed by atoms with Crippen molar-refractivity contribution in [3.05, 3.63) is 11.6 Å². The van der Waals surface area contributed by atoms with Gasteiger partial charge in [-0.05, 0) is 12.3 Å². The summed E-state index contributed by atoms with van der Waals surface area (Å²) < 4.78 is 5.07. The first-order chi connectivity index (χ1) is 6.76. The zero-order chi connectivity index (χ0) is 10.4. The largest absolute Gasteiger partial charge is 0.384 e. The van der Waals surface area contributed by atoms with Crippen LogP contribution >= 0.6 is 0 Å². The van der Waals surface area contributed by atoms with Crippen molar-refractivity contribution in [3.63, 3.8) is 0 Å². The molecule has 0 aliphatic rings. The van der Waals surface area contributed by atoms with Crippen LogP contribution in [0.4, 0.5) is 0 Å². The van der Waals surface area contributed by atoms with E-state index in [4.69, 9.17) is 4.74 Å². The Morgan fingerprint density at radius 2 is 2.29 bits per heavy atom. The minimum Gasteiger partial charge on any atom is -0.384 e. The highest BCUT2D eigenvalue weighted by atomic mass is 16.5. The number of nitrogens with zero attached hydrogens (tertiary/aromatic N) is 2. The van der Waals surface area contributed by atoms with E-state index in [9.17, 15) is 0 Å². The second-order valence-corrected chi connectivity index (χ2v) is 3.71. The fourth-order valence-electron chi connectivity index (χ4n) is 1.44. The zero-order valence-corrected chi connectivity index (χ0v) is 9.21. The molecule has 1 aromatic heterocycles. The Labute approximate surface area is 85.1 Å². The third kappa shape index (κ3) is 3.46. The highest BCUT2D eigenvalue weighted by Gasteiger charge is 2.07. The van der Waals surface area contributed by atoms with Gasteiger partial charge < -0.3 is 4.74 Å². The van der Waals surface area contributed by atoms with E-state index in [0.29, 0.717) is 5.92 Å². The van der Waals surface area contributed by atoms with Gasteiger partial charge in [0.2, 0.25) is 0 Å². The summed E-state index contributed by atoms with van der Waals surface area (Å²) in [6.45, 7) is 5.04. The molecule has 1 unspecified atom stereocenters. The molecule has 0 bridgehead atoms. The van der Waals surface area contributed by atoms with Gasteiger partial charge >= 0.3 is 0 Å². The molecule has 1 atom stereocenters. The molecule has 80 valence electrons. The van der Waals surface area contributed by atoms with Crippen LogP contribution in [0.5, 0.6) is 0 Å². The van der Waals surface area contributed by atoms with Gasteiger partial charge in [0.25, 0.3) is 0 Å². The van der Waals surface area contributed by atoms with Gasteiger partial charge in [0.1, 0.15) is 5.82 Å². The van der Waals surface area contributed by atoms with E-state index in [2.05, 4.69) is 29.0 Å². The van der Waals surface area contributed by atoms with Crippen molar-refractivity contribution in [2.75, 3.05) is 13.7 Å². The molecule has 0 saturated carbocycles. The van der Waals surface area contributed by atoms with Crippen molar-refractivity contribution in [2.24, 2.45) is 5.92 Å². The number of rotatable bonds is 6. The average Bonchev–Trinajstić information content (AvgIpc) is 2.53. The Balaban J connectivity index is 2.42. The number of nitrogens with one attached hydrogen (secondary N) is 1. The molecule has 0 radical (unpaired) electrons. The lowest BCUT2D eigenvalue weighted by Crippen LogP contribution is -2.08. The topological polar surface area (TPSA) is 50.8 Å². The Bertz CT molecular complexity index is 260. The quantitative estimate of drug-likeness (QED) is 0.753. The van der Waals surface area contributed by atoms with Crippen LogP contribution in [0.25, 0.3) is 0 Å².